The Labute approximate surface area is 145 Å². The number of rotatable bonds is 4. The molecule has 0 heterocycles. The predicted octanol–water partition coefficient (Wildman–Crippen LogP) is 3.73. The summed E-state index contributed by atoms with van der Waals surface area (Å²) >= 11 is 5.21. The van der Waals surface area contributed by atoms with E-state index in [1.807, 2.05) is 60.7 Å². The number of thiocarbonyl (C=S) groups is 1. The Hall–Kier alpha value is -2.92. The molecule has 3 rings (SSSR count). The summed E-state index contributed by atoms with van der Waals surface area (Å²) < 4.78 is 5.39. The monoisotopic (exact) mass is 336 g/mol. The number of ether oxygens (including phenoxy) is 1. The van der Waals surface area contributed by atoms with Crippen molar-refractivity contribution in [3.05, 3.63) is 72.8 Å². The van der Waals surface area contributed by atoms with Gasteiger partial charge in [-0.1, -0.05) is 54.6 Å². The number of carbonyl (C=O) groups excluding carboxylic acids is 1. The molecule has 24 heavy (non-hydrogen) atoms. The predicted molar refractivity (Wildman–Crippen MR) is 100 cm³/mol. The molecule has 0 spiro atoms. The molecule has 120 valence electrons. The van der Waals surface area contributed by atoms with Crippen LogP contribution in [0.3, 0.4) is 0 Å². The number of anilines is 1. The Morgan fingerprint density at radius 1 is 0.917 bits per heavy atom. The Bertz CT molecular complexity index is 860. The lowest BCUT2D eigenvalue weighted by Gasteiger charge is -2.12. The summed E-state index contributed by atoms with van der Waals surface area (Å²) in [6, 6.07) is 23.0. The average molecular weight is 336 g/mol. The van der Waals surface area contributed by atoms with Crippen molar-refractivity contribution in [2.45, 2.75) is 0 Å². The van der Waals surface area contributed by atoms with Gasteiger partial charge < -0.3 is 10.1 Å². The van der Waals surface area contributed by atoms with Gasteiger partial charge in [0.25, 0.3) is 5.91 Å². The van der Waals surface area contributed by atoms with Crippen molar-refractivity contribution in [1.29, 1.82) is 0 Å². The van der Waals surface area contributed by atoms with Gasteiger partial charge >= 0.3 is 0 Å². The van der Waals surface area contributed by atoms with Crippen molar-refractivity contribution in [3.8, 4) is 5.75 Å². The maximum Gasteiger partial charge on any atom is 0.264 e. The lowest BCUT2D eigenvalue weighted by molar-refractivity contribution is -0.121. The summed E-state index contributed by atoms with van der Waals surface area (Å²) in [6.07, 6.45) is 0. The van der Waals surface area contributed by atoms with Gasteiger partial charge in [-0.05, 0) is 35.8 Å². The minimum Gasteiger partial charge on any atom is -0.484 e. The Kier molecular flexibility index (Phi) is 5.03. The normalized spacial score (nSPS) is 10.2. The van der Waals surface area contributed by atoms with Crippen LogP contribution in [0.25, 0.3) is 10.8 Å². The van der Waals surface area contributed by atoms with E-state index in [0.717, 1.165) is 16.5 Å². The molecule has 4 nitrogen and oxygen atoms in total. The molecule has 3 aromatic rings. The second kappa shape index (κ2) is 7.57. The number of amides is 1. The van der Waals surface area contributed by atoms with Crippen molar-refractivity contribution in [3.63, 3.8) is 0 Å². The highest BCUT2D eigenvalue weighted by Crippen LogP contribution is 2.22. The summed E-state index contributed by atoms with van der Waals surface area (Å²) in [4.78, 5) is 11.9. The molecule has 0 unspecified atom stereocenters. The van der Waals surface area contributed by atoms with E-state index < -0.39 is 0 Å². The fourth-order valence-electron chi connectivity index (χ4n) is 2.32. The lowest BCUT2D eigenvalue weighted by atomic mass is 10.1. The Balaban J connectivity index is 1.58. The van der Waals surface area contributed by atoms with E-state index in [1.54, 1.807) is 12.1 Å². The van der Waals surface area contributed by atoms with Gasteiger partial charge in [-0.3, -0.25) is 10.1 Å². The van der Waals surface area contributed by atoms with Crippen LogP contribution >= 0.6 is 12.2 Å². The van der Waals surface area contributed by atoms with E-state index in [4.69, 9.17) is 17.0 Å². The highest BCUT2D eigenvalue weighted by atomic mass is 32.1. The van der Waals surface area contributed by atoms with Crippen molar-refractivity contribution >= 4 is 39.7 Å². The van der Waals surface area contributed by atoms with Gasteiger partial charge in [-0.25, -0.2) is 0 Å². The van der Waals surface area contributed by atoms with Gasteiger partial charge in [-0.2, -0.15) is 0 Å². The summed E-state index contributed by atoms with van der Waals surface area (Å²) in [5, 5.41) is 8.06. The van der Waals surface area contributed by atoms with Crippen LogP contribution in [0.1, 0.15) is 0 Å². The van der Waals surface area contributed by atoms with E-state index in [2.05, 4.69) is 10.6 Å². The molecule has 0 aromatic heterocycles. The molecule has 0 bridgehead atoms. The highest BCUT2D eigenvalue weighted by Gasteiger charge is 2.07. The maximum atomic E-state index is 11.9. The maximum absolute atomic E-state index is 11.9. The van der Waals surface area contributed by atoms with Crippen molar-refractivity contribution in [1.82, 2.24) is 5.32 Å². The van der Waals surface area contributed by atoms with Crippen LogP contribution in [0.15, 0.2) is 72.8 Å². The summed E-state index contributed by atoms with van der Waals surface area (Å²) in [6.45, 7) is -0.0959. The highest BCUT2D eigenvalue weighted by molar-refractivity contribution is 7.80. The zero-order valence-corrected chi connectivity index (χ0v) is 13.7. The van der Waals surface area contributed by atoms with E-state index in [9.17, 15) is 4.79 Å². The third kappa shape index (κ3) is 4.08. The molecule has 0 fully saturated rings. The minimum absolute atomic E-state index is 0.0959. The van der Waals surface area contributed by atoms with E-state index >= 15 is 0 Å². The van der Waals surface area contributed by atoms with Gasteiger partial charge in [0.2, 0.25) is 0 Å². The number of carbonyl (C=O) groups is 1. The molecule has 0 aliphatic rings. The van der Waals surface area contributed by atoms with Crippen molar-refractivity contribution in [2.75, 3.05) is 11.9 Å². The second-order valence-electron chi connectivity index (χ2n) is 5.13. The molecule has 0 atom stereocenters. The molecule has 0 aliphatic heterocycles. The zero-order valence-electron chi connectivity index (χ0n) is 12.9. The van der Waals surface area contributed by atoms with Gasteiger partial charge in [0, 0.05) is 11.1 Å². The first-order valence-corrected chi connectivity index (χ1v) is 7.89. The number of hydrogen-bond donors (Lipinski definition) is 2. The summed E-state index contributed by atoms with van der Waals surface area (Å²) in [7, 11) is 0. The number of fused-ring (bicyclic) bond motifs is 1. The van der Waals surface area contributed by atoms with Crippen LogP contribution < -0.4 is 15.4 Å². The van der Waals surface area contributed by atoms with Crippen LogP contribution in [0, 0.1) is 0 Å². The minimum atomic E-state index is -0.309. The Morgan fingerprint density at radius 2 is 1.62 bits per heavy atom. The van der Waals surface area contributed by atoms with Crippen LogP contribution in [0.5, 0.6) is 5.75 Å². The fraction of sp³-hybridized carbons (Fsp3) is 0.0526. The van der Waals surface area contributed by atoms with Gasteiger partial charge in [0.15, 0.2) is 11.7 Å². The molecule has 1 amide bonds. The lowest BCUT2D eigenvalue weighted by Crippen LogP contribution is -2.37. The topological polar surface area (TPSA) is 50.4 Å². The van der Waals surface area contributed by atoms with Crippen LogP contribution in [-0.2, 0) is 4.79 Å². The second-order valence-corrected chi connectivity index (χ2v) is 5.54. The molecular formula is C19H16N2O2S. The molecule has 0 aliphatic carbocycles. The third-order valence-corrected chi connectivity index (χ3v) is 3.61. The van der Waals surface area contributed by atoms with E-state index in [1.165, 1.54) is 0 Å². The third-order valence-electron chi connectivity index (χ3n) is 3.40. The van der Waals surface area contributed by atoms with Crippen molar-refractivity contribution in [2.24, 2.45) is 0 Å². The molecule has 0 saturated heterocycles. The summed E-state index contributed by atoms with van der Waals surface area (Å²) in [5.41, 5.74) is 0.849. The molecular weight excluding hydrogens is 320 g/mol. The summed E-state index contributed by atoms with van der Waals surface area (Å²) in [5.74, 6) is 0.331. The van der Waals surface area contributed by atoms with Gasteiger partial charge in [-0.15, -0.1) is 0 Å². The SMILES string of the molecule is O=C(COc1ccccc1)NC(=S)Nc1cccc2ccccc12. The zero-order chi connectivity index (χ0) is 16.8. The smallest absolute Gasteiger partial charge is 0.264 e. The fourth-order valence-corrected chi connectivity index (χ4v) is 2.54. The van der Waals surface area contributed by atoms with Gasteiger partial charge in [0.05, 0.1) is 0 Å². The molecule has 0 radical (unpaired) electrons. The molecule has 2 N–H and O–H groups in total. The molecule has 3 aromatic carbocycles. The molecule has 5 heteroatoms. The molecule has 0 saturated carbocycles. The van der Waals surface area contributed by atoms with Gasteiger partial charge in [0.1, 0.15) is 5.75 Å². The van der Waals surface area contributed by atoms with E-state index in [0.29, 0.717) is 5.75 Å². The van der Waals surface area contributed by atoms with E-state index in [-0.39, 0.29) is 17.6 Å². The number of hydrogen-bond acceptors (Lipinski definition) is 3. The van der Waals surface area contributed by atoms with Crippen LogP contribution in [0.4, 0.5) is 5.69 Å². The first-order valence-electron chi connectivity index (χ1n) is 7.49. The first kappa shape index (κ1) is 16.0. The Morgan fingerprint density at radius 3 is 2.46 bits per heavy atom. The largest absolute Gasteiger partial charge is 0.484 e. The number of para-hydroxylation sites is 1. The standard InChI is InChI=1S/C19H16N2O2S/c22-18(13-23-15-9-2-1-3-10-15)21-19(24)20-17-12-6-8-14-7-4-5-11-16(14)17/h1-12H,13H2,(H2,20,21,22,24). The quantitative estimate of drug-likeness (QED) is 0.713. The van der Waals surface area contributed by atoms with Crippen LogP contribution in [0.2, 0.25) is 0 Å². The van der Waals surface area contributed by atoms with Crippen LogP contribution in [-0.4, -0.2) is 17.6 Å². The van der Waals surface area contributed by atoms with Crippen molar-refractivity contribution < 1.29 is 9.53 Å². The number of benzene rings is 3. The average Bonchev–Trinajstić information content (AvgIpc) is 2.61. The first-order chi connectivity index (χ1) is 11.7. The number of nitrogens with one attached hydrogen (secondary N) is 2.